The summed E-state index contributed by atoms with van der Waals surface area (Å²) >= 11 is 0. The summed E-state index contributed by atoms with van der Waals surface area (Å²) in [4.78, 5) is 26.5. The van der Waals surface area contributed by atoms with Crippen LogP contribution in [0.5, 0.6) is 0 Å². The fourth-order valence-electron chi connectivity index (χ4n) is 3.27. The molecule has 23 heavy (non-hydrogen) atoms. The van der Waals surface area contributed by atoms with Gasteiger partial charge in [-0.2, -0.15) is 0 Å². The molecule has 1 heterocycles. The average molecular weight is 308 g/mol. The maximum atomic E-state index is 12.4. The Hall–Kier alpha value is -2.36. The summed E-state index contributed by atoms with van der Waals surface area (Å²) in [5.41, 5.74) is 0.908. The second-order valence-electron chi connectivity index (χ2n) is 6.59. The standard InChI is InChI=1S/C19H20N2O2/c22-18-10-15(19(23)20-11-13-8-9-13)12-21(18)17-7-3-5-14-4-1-2-6-16(14)17/h1-7,13,15H,8-12H2,(H,20,23)/t15-/m0/s1. The highest BCUT2D eigenvalue weighted by atomic mass is 16.2. The molecule has 1 N–H and O–H groups in total. The summed E-state index contributed by atoms with van der Waals surface area (Å²) in [6, 6.07) is 14.0. The SMILES string of the molecule is O=C(NCC1CC1)[C@H]1CC(=O)N(c2cccc3ccccc23)C1. The van der Waals surface area contributed by atoms with Gasteiger partial charge >= 0.3 is 0 Å². The first kappa shape index (κ1) is 14.2. The number of benzene rings is 2. The molecule has 2 aromatic carbocycles. The summed E-state index contributed by atoms with van der Waals surface area (Å²) in [6.45, 7) is 1.24. The third kappa shape index (κ3) is 2.81. The van der Waals surface area contributed by atoms with E-state index in [9.17, 15) is 9.59 Å². The van der Waals surface area contributed by atoms with Crippen LogP contribution < -0.4 is 10.2 Å². The topological polar surface area (TPSA) is 49.4 Å². The van der Waals surface area contributed by atoms with Crippen LogP contribution in [0, 0.1) is 11.8 Å². The molecule has 2 amide bonds. The molecule has 118 valence electrons. The maximum Gasteiger partial charge on any atom is 0.227 e. The van der Waals surface area contributed by atoms with Gasteiger partial charge in [0.1, 0.15) is 0 Å². The first-order valence-corrected chi connectivity index (χ1v) is 8.28. The van der Waals surface area contributed by atoms with Crippen LogP contribution in [0.1, 0.15) is 19.3 Å². The van der Waals surface area contributed by atoms with Gasteiger partial charge in [0, 0.05) is 24.9 Å². The molecule has 4 heteroatoms. The first-order valence-electron chi connectivity index (χ1n) is 8.28. The van der Waals surface area contributed by atoms with Crippen LogP contribution >= 0.6 is 0 Å². The van der Waals surface area contributed by atoms with Crippen molar-refractivity contribution >= 4 is 28.3 Å². The Labute approximate surface area is 135 Å². The van der Waals surface area contributed by atoms with Crippen LogP contribution in [-0.4, -0.2) is 24.9 Å². The third-order valence-electron chi connectivity index (χ3n) is 4.82. The number of hydrogen-bond donors (Lipinski definition) is 1. The average Bonchev–Trinajstić information content (AvgIpc) is 3.33. The normalized spacial score (nSPS) is 21.0. The van der Waals surface area contributed by atoms with E-state index in [0.29, 0.717) is 18.9 Å². The van der Waals surface area contributed by atoms with Crippen molar-refractivity contribution in [2.75, 3.05) is 18.0 Å². The van der Waals surface area contributed by atoms with E-state index < -0.39 is 0 Å². The molecule has 0 aromatic heterocycles. The van der Waals surface area contributed by atoms with Crippen LogP contribution in [0.15, 0.2) is 42.5 Å². The van der Waals surface area contributed by atoms with Crippen molar-refractivity contribution in [3.8, 4) is 0 Å². The monoisotopic (exact) mass is 308 g/mol. The molecule has 1 aliphatic carbocycles. The Balaban J connectivity index is 1.54. The molecule has 1 aliphatic heterocycles. The van der Waals surface area contributed by atoms with Crippen LogP contribution in [0.4, 0.5) is 5.69 Å². The lowest BCUT2D eigenvalue weighted by Gasteiger charge is -2.19. The Morgan fingerprint density at radius 3 is 2.74 bits per heavy atom. The lowest BCUT2D eigenvalue weighted by Crippen LogP contribution is -2.34. The number of carbonyl (C=O) groups excluding carboxylic acids is 2. The Morgan fingerprint density at radius 1 is 1.13 bits per heavy atom. The van der Waals surface area contributed by atoms with Crippen molar-refractivity contribution in [2.24, 2.45) is 11.8 Å². The lowest BCUT2D eigenvalue weighted by atomic mass is 10.1. The molecule has 4 nitrogen and oxygen atoms in total. The van der Waals surface area contributed by atoms with Gasteiger partial charge in [0.05, 0.1) is 11.6 Å². The molecule has 1 atom stereocenters. The minimum absolute atomic E-state index is 0.0213. The molecule has 4 rings (SSSR count). The van der Waals surface area contributed by atoms with Gasteiger partial charge < -0.3 is 10.2 Å². The highest BCUT2D eigenvalue weighted by molar-refractivity contribution is 6.06. The lowest BCUT2D eigenvalue weighted by molar-refractivity contribution is -0.126. The Bertz CT molecular complexity index is 762. The predicted molar refractivity (Wildman–Crippen MR) is 90.1 cm³/mol. The number of fused-ring (bicyclic) bond motifs is 1. The van der Waals surface area contributed by atoms with Gasteiger partial charge in [-0.15, -0.1) is 0 Å². The number of anilines is 1. The van der Waals surface area contributed by atoms with Crippen molar-refractivity contribution in [3.63, 3.8) is 0 Å². The van der Waals surface area contributed by atoms with Gasteiger partial charge in [-0.25, -0.2) is 0 Å². The van der Waals surface area contributed by atoms with E-state index in [4.69, 9.17) is 0 Å². The highest BCUT2D eigenvalue weighted by Gasteiger charge is 2.36. The summed E-state index contributed by atoms with van der Waals surface area (Å²) in [7, 11) is 0. The fraction of sp³-hybridized carbons (Fsp3) is 0.368. The Morgan fingerprint density at radius 2 is 1.91 bits per heavy atom. The minimum atomic E-state index is -0.236. The van der Waals surface area contributed by atoms with E-state index in [1.807, 2.05) is 42.5 Å². The number of nitrogens with one attached hydrogen (secondary N) is 1. The van der Waals surface area contributed by atoms with Crippen LogP contribution in [0.3, 0.4) is 0 Å². The molecule has 0 spiro atoms. The molecule has 0 bridgehead atoms. The molecule has 0 radical (unpaired) electrons. The van der Waals surface area contributed by atoms with Crippen molar-refractivity contribution in [2.45, 2.75) is 19.3 Å². The van der Waals surface area contributed by atoms with Crippen LogP contribution in [-0.2, 0) is 9.59 Å². The van der Waals surface area contributed by atoms with E-state index in [1.54, 1.807) is 4.90 Å². The van der Waals surface area contributed by atoms with Crippen molar-refractivity contribution < 1.29 is 9.59 Å². The highest BCUT2D eigenvalue weighted by Crippen LogP contribution is 2.32. The van der Waals surface area contributed by atoms with E-state index in [0.717, 1.165) is 23.0 Å². The van der Waals surface area contributed by atoms with Crippen molar-refractivity contribution in [1.29, 1.82) is 0 Å². The van der Waals surface area contributed by atoms with E-state index in [2.05, 4.69) is 5.32 Å². The van der Waals surface area contributed by atoms with Gasteiger partial charge in [-0.05, 0) is 30.2 Å². The first-order chi connectivity index (χ1) is 11.2. The van der Waals surface area contributed by atoms with Crippen LogP contribution in [0.2, 0.25) is 0 Å². The number of rotatable bonds is 4. The number of amides is 2. The maximum absolute atomic E-state index is 12.4. The zero-order valence-electron chi connectivity index (χ0n) is 13.0. The van der Waals surface area contributed by atoms with Crippen molar-refractivity contribution in [3.05, 3.63) is 42.5 Å². The smallest absolute Gasteiger partial charge is 0.227 e. The van der Waals surface area contributed by atoms with E-state index >= 15 is 0 Å². The number of hydrogen-bond acceptors (Lipinski definition) is 2. The summed E-state index contributed by atoms with van der Waals surface area (Å²) in [5.74, 6) is 0.478. The van der Waals surface area contributed by atoms with Gasteiger partial charge in [-0.3, -0.25) is 9.59 Å². The molecule has 0 unspecified atom stereocenters. The molecular formula is C19H20N2O2. The van der Waals surface area contributed by atoms with Crippen molar-refractivity contribution in [1.82, 2.24) is 5.32 Å². The van der Waals surface area contributed by atoms with Gasteiger partial charge in [0.15, 0.2) is 0 Å². The second-order valence-corrected chi connectivity index (χ2v) is 6.59. The third-order valence-corrected chi connectivity index (χ3v) is 4.82. The number of carbonyl (C=O) groups is 2. The summed E-state index contributed by atoms with van der Waals surface area (Å²) < 4.78 is 0. The zero-order chi connectivity index (χ0) is 15.8. The zero-order valence-corrected chi connectivity index (χ0v) is 13.0. The molecular weight excluding hydrogens is 288 g/mol. The molecule has 2 aromatic rings. The quantitative estimate of drug-likeness (QED) is 0.944. The predicted octanol–water partition coefficient (Wildman–Crippen LogP) is 2.72. The summed E-state index contributed by atoms with van der Waals surface area (Å²) in [6.07, 6.45) is 2.73. The molecule has 1 saturated heterocycles. The van der Waals surface area contributed by atoms with Gasteiger partial charge in [0.2, 0.25) is 11.8 Å². The molecule has 2 fully saturated rings. The van der Waals surface area contributed by atoms with E-state index in [1.165, 1.54) is 12.8 Å². The Kier molecular flexibility index (Phi) is 3.52. The summed E-state index contributed by atoms with van der Waals surface area (Å²) in [5, 5.41) is 5.17. The number of nitrogens with zero attached hydrogens (tertiary/aromatic N) is 1. The fourth-order valence-corrected chi connectivity index (χ4v) is 3.27. The largest absolute Gasteiger partial charge is 0.356 e. The minimum Gasteiger partial charge on any atom is -0.356 e. The van der Waals surface area contributed by atoms with Gasteiger partial charge in [-0.1, -0.05) is 36.4 Å². The van der Waals surface area contributed by atoms with E-state index in [-0.39, 0.29) is 17.7 Å². The second kappa shape index (κ2) is 5.69. The molecule has 1 saturated carbocycles. The molecule has 2 aliphatic rings. The van der Waals surface area contributed by atoms with Crippen LogP contribution in [0.25, 0.3) is 10.8 Å². The van der Waals surface area contributed by atoms with Gasteiger partial charge in [0.25, 0.3) is 0 Å².